The monoisotopic (exact) mass is 404 g/mol. The highest BCUT2D eigenvalue weighted by molar-refractivity contribution is 7.89. The molecule has 1 heterocycles. The number of aromatic nitrogens is 2. The van der Waals surface area contributed by atoms with Crippen LogP contribution < -0.4 is 4.74 Å². The fourth-order valence-electron chi connectivity index (χ4n) is 2.41. The fraction of sp³-hybridized carbons (Fsp3) is 0.176. The Hall–Kier alpha value is -3.31. The van der Waals surface area contributed by atoms with Crippen LogP contribution in [0.2, 0.25) is 0 Å². The number of rotatable bonds is 7. The van der Waals surface area contributed by atoms with Gasteiger partial charge in [0.25, 0.3) is 5.69 Å². The van der Waals surface area contributed by atoms with E-state index in [-0.39, 0.29) is 28.8 Å². The first-order valence-electron chi connectivity index (χ1n) is 7.99. The molecule has 0 atom stereocenters. The van der Waals surface area contributed by atoms with Crippen molar-refractivity contribution in [3.63, 3.8) is 0 Å². The molecule has 0 aliphatic heterocycles. The van der Waals surface area contributed by atoms with Gasteiger partial charge in [-0.2, -0.15) is 9.29 Å². The van der Waals surface area contributed by atoms with Gasteiger partial charge in [-0.15, -0.1) is 0 Å². The molecule has 0 aliphatic rings. The summed E-state index contributed by atoms with van der Waals surface area (Å²) in [7, 11) is -1.12. The van der Waals surface area contributed by atoms with E-state index in [0.29, 0.717) is 11.3 Å². The molecule has 0 amide bonds. The normalized spacial score (nSPS) is 11.5. The van der Waals surface area contributed by atoms with Gasteiger partial charge in [0.2, 0.25) is 21.7 Å². The maximum atomic E-state index is 12.7. The molecule has 10 nitrogen and oxygen atoms in total. The topological polar surface area (TPSA) is 129 Å². The van der Waals surface area contributed by atoms with Crippen LogP contribution in [0.25, 0.3) is 11.4 Å². The van der Waals surface area contributed by atoms with Crippen molar-refractivity contribution in [2.45, 2.75) is 11.4 Å². The fourth-order valence-corrected chi connectivity index (χ4v) is 3.57. The Balaban J connectivity index is 1.81. The smallest absolute Gasteiger partial charge is 0.270 e. The average molecular weight is 404 g/mol. The van der Waals surface area contributed by atoms with Crippen molar-refractivity contribution in [1.29, 1.82) is 0 Å². The number of ether oxygens (including phenoxy) is 1. The van der Waals surface area contributed by atoms with E-state index in [1.54, 1.807) is 24.3 Å². The van der Waals surface area contributed by atoms with Crippen LogP contribution in [0.1, 0.15) is 5.89 Å². The Labute approximate surface area is 160 Å². The Kier molecular flexibility index (Phi) is 5.38. The van der Waals surface area contributed by atoms with Gasteiger partial charge < -0.3 is 9.26 Å². The van der Waals surface area contributed by atoms with Crippen molar-refractivity contribution < 1.29 is 22.6 Å². The van der Waals surface area contributed by atoms with Gasteiger partial charge in [0.1, 0.15) is 5.75 Å². The maximum absolute atomic E-state index is 12.7. The molecule has 11 heteroatoms. The van der Waals surface area contributed by atoms with E-state index in [4.69, 9.17) is 9.26 Å². The van der Waals surface area contributed by atoms with E-state index >= 15 is 0 Å². The number of nitro benzene ring substituents is 1. The van der Waals surface area contributed by atoms with Gasteiger partial charge in [0.05, 0.1) is 23.5 Å². The number of non-ortho nitro benzene ring substituents is 1. The molecule has 0 fully saturated rings. The number of benzene rings is 2. The van der Waals surface area contributed by atoms with Crippen molar-refractivity contribution >= 4 is 15.7 Å². The molecule has 0 aliphatic carbocycles. The summed E-state index contributed by atoms with van der Waals surface area (Å²) in [5, 5.41) is 14.7. The maximum Gasteiger partial charge on any atom is 0.270 e. The van der Waals surface area contributed by atoms with Gasteiger partial charge in [-0.1, -0.05) is 23.4 Å². The highest BCUT2D eigenvalue weighted by Gasteiger charge is 2.25. The Morgan fingerprint density at radius 3 is 2.68 bits per heavy atom. The lowest BCUT2D eigenvalue weighted by Gasteiger charge is -2.14. The van der Waals surface area contributed by atoms with Crippen LogP contribution in [0.15, 0.2) is 57.9 Å². The summed E-state index contributed by atoms with van der Waals surface area (Å²) in [5.74, 6) is 0.985. The van der Waals surface area contributed by atoms with Gasteiger partial charge in [-0.3, -0.25) is 10.1 Å². The third kappa shape index (κ3) is 4.00. The number of nitrogens with zero attached hydrogens (tertiary/aromatic N) is 4. The minimum absolute atomic E-state index is 0.0781. The second-order valence-electron chi connectivity index (χ2n) is 5.76. The molecule has 0 radical (unpaired) electrons. The van der Waals surface area contributed by atoms with Gasteiger partial charge in [0.15, 0.2) is 0 Å². The van der Waals surface area contributed by atoms with Crippen LogP contribution in [0, 0.1) is 10.1 Å². The molecule has 0 bridgehead atoms. The summed E-state index contributed by atoms with van der Waals surface area (Å²) in [6.45, 7) is -0.192. The molecular weight excluding hydrogens is 388 g/mol. The van der Waals surface area contributed by atoms with E-state index < -0.39 is 14.9 Å². The van der Waals surface area contributed by atoms with E-state index in [9.17, 15) is 18.5 Å². The summed E-state index contributed by atoms with van der Waals surface area (Å²) in [6, 6.07) is 11.8. The molecule has 2 aromatic carbocycles. The zero-order valence-corrected chi connectivity index (χ0v) is 15.8. The quantitative estimate of drug-likeness (QED) is 0.434. The predicted molar refractivity (Wildman–Crippen MR) is 98.0 cm³/mol. The van der Waals surface area contributed by atoms with Gasteiger partial charge in [-0.25, -0.2) is 8.42 Å². The standard InChI is InChI=1S/C17H16N4O6S/c1-20(28(24,25)15-8-4-6-13(10-15)21(22)23)11-16-18-17(19-27-16)12-5-3-7-14(9-12)26-2/h3-10H,11H2,1-2H3. The minimum Gasteiger partial charge on any atom is -0.497 e. The first-order valence-corrected chi connectivity index (χ1v) is 9.43. The molecule has 3 rings (SSSR count). The third-order valence-corrected chi connectivity index (χ3v) is 5.69. The van der Waals surface area contributed by atoms with Crippen LogP contribution >= 0.6 is 0 Å². The molecule has 0 unspecified atom stereocenters. The molecule has 0 N–H and O–H groups in total. The van der Waals surface area contributed by atoms with Gasteiger partial charge in [0, 0.05) is 24.7 Å². The Bertz CT molecular complexity index is 1110. The van der Waals surface area contributed by atoms with Gasteiger partial charge in [-0.05, 0) is 18.2 Å². The number of methoxy groups -OCH3 is 1. The zero-order valence-electron chi connectivity index (χ0n) is 15.0. The average Bonchev–Trinajstić information content (AvgIpc) is 3.16. The Morgan fingerprint density at radius 2 is 1.96 bits per heavy atom. The van der Waals surface area contributed by atoms with E-state index in [2.05, 4.69) is 10.1 Å². The second kappa shape index (κ2) is 7.74. The number of nitro groups is 1. The summed E-state index contributed by atoms with van der Waals surface area (Å²) >= 11 is 0. The summed E-state index contributed by atoms with van der Waals surface area (Å²) in [4.78, 5) is 14.2. The number of hydrogen-bond acceptors (Lipinski definition) is 8. The molecule has 28 heavy (non-hydrogen) atoms. The third-order valence-electron chi connectivity index (χ3n) is 3.89. The number of hydrogen-bond donors (Lipinski definition) is 0. The van der Waals surface area contributed by atoms with E-state index in [1.165, 1.54) is 32.4 Å². The van der Waals surface area contributed by atoms with Crippen molar-refractivity contribution in [2.24, 2.45) is 0 Å². The summed E-state index contributed by atoms with van der Waals surface area (Å²) in [6.07, 6.45) is 0. The lowest BCUT2D eigenvalue weighted by atomic mass is 10.2. The SMILES string of the molecule is COc1cccc(-c2noc(CN(C)S(=O)(=O)c3cccc([N+](=O)[O-])c3)n2)c1. The lowest BCUT2D eigenvalue weighted by Crippen LogP contribution is -2.26. The summed E-state index contributed by atoms with van der Waals surface area (Å²) < 4.78 is 36.6. The lowest BCUT2D eigenvalue weighted by molar-refractivity contribution is -0.385. The molecule has 146 valence electrons. The highest BCUT2D eigenvalue weighted by atomic mass is 32.2. The van der Waals surface area contributed by atoms with E-state index in [1.807, 2.05) is 0 Å². The molecular formula is C17H16N4O6S. The van der Waals surface area contributed by atoms with Crippen molar-refractivity contribution in [3.05, 3.63) is 64.5 Å². The molecule has 0 saturated heterocycles. The van der Waals surface area contributed by atoms with Crippen LogP contribution in [-0.4, -0.2) is 41.9 Å². The second-order valence-corrected chi connectivity index (χ2v) is 7.80. The minimum atomic E-state index is -3.98. The molecule has 0 saturated carbocycles. The highest BCUT2D eigenvalue weighted by Crippen LogP contribution is 2.23. The largest absolute Gasteiger partial charge is 0.497 e. The van der Waals surface area contributed by atoms with Gasteiger partial charge >= 0.3 is 0 Å². The summed E-state index contributed by atoms with van der Waals surface area (Å²) in [5.41, 5.74) is 0.339. The van der Waals surface area contributed by atoms with Crippen LogP contribution in [0.5, 0.6) is 5.75 Å². The molecule has 0 spiro atoms. The van der Waals surface area contributed by atoms with E-state index in [0.717, 1.165) is 10.4 Å². The molecule has 3 aromatic rings. The van der Waals surface area contributed by atoms with Crippen LogP contribution in [-0.2, 0) is 16.6 Å². The van der Waals surface area contributed by atoms with Crippen LogP contribution in [0.3, 0.4) is 0 Å². The van der Waals surface area contributed by atoms with Crippen molar-refractivity contribution in [1.82, 2.24) is 14.4 Å². The van der Waals surface area contributed by atoms with Crippen molar-refractivity contribution in [2.75, 3.05) is 14.2 Å². The predicted octanol–water partition coefficient (Wildman–Crippen LogP) is 2.47. The van der Waals surface area contributed by atoms with Crippen molar-refractivity contribution in [3.8, 4) is 17.1 Å². The number of sulfonamides is 1. The molecule has 1 aromatic heterocycles. The zero-order chi connectivity index (χ0) is 20.3. The first-order chi connectivity index (χ1) is 13.3. The van der Waals surface area contributed by atoms with Crippen LogP contribution in [0.4, 0.5) is 5.69 Å². The first kappa shape index (κ1) is 19.5. The Morgan fingerprint density at radius 1 is 1.21 bits per heavy atom.